The molecular weight excluding hydrogens is 371 g/mol. The van der Waals surface area contributed by atoms with Gasteiger partial charge in [0, 0.05) is 5.02 Å². The van der Waals surface area contributed by atoms with E-state index >= 15 is 0 Å². The summed E-state index contributed by atoms with van der Waals surface area (Å²) in [6, 6.07) is 10.2. The van der Waals surface area contributed by atoms with Gasteiger partial charge in [-0.2, -0.15) is 8.42 Å². The first-order valence-corrected chi connectivity index (χ1v) is 9.28. The topological polar surface area (TPSA) is 72.1 Å². The molecule has 5 nitrogen and oxygen atoms in total. The third kappa shape index (κ3) is 3.28. The molecule has 0 fully saturated rings. The molecule has 1 heterocycles. The van der Waals surface area contributed by atoms with Crippen molar-refractivity contribution in [3.63, 3.8) is 0 Å². The average Bonchev–Trinajstić information content (AvgIpc) is 2.94. The van der Waals surface area contributed by atoms with Crippen LogP contribution in [0, 0.1) is 6.92 Å². The lowest BCUT2D eigenvalue weighted by molar-refractivity contribution is 0.225. The second-order valence-corrected chi connectivity index (χ2v) is 7.72. The smallest absolute Gasteiger partial charge is 0.299 e. The Morgan fingerprint density at radius 1 is 1.17 bits per heavy atom. The van der Waals surface area contributed by atoms with Gasteiger partial charge in [-0.1, -0.05) is 35.3 Å². The van der Waals surface area contributed by atoms with Gasteiger partial charge in [-0.15, -0.1) is 0 Å². The van der Waals surface area contributed by atoms with E-state index in [1.807, 2.05) is 24.3 Å². The molecule has 1 N–H and O–H groups in total. The lowest BCUT2D eigenvalue weighted by Crippen LogP contribution is -2.12. The largest absolute Gasteiger partial charge is 0.340 e. The van der Waals surface area contributed by atoms with Crippen LogP contribution in [0.5, 0.6) is 0 Å². The fraction of sp³-hybridized carbons (Fsp3) is 0.188. The van der Waals surface area contributed by atoms with Gasteiger partial charge in [-0.3, -0.25) is 4.18 Å². The van der Waals surface area contributed by atoms with E-state index in [1.165, 1.54) is 12.1 Å². The molecular formula is C16H14Cl2N2O3S. The van der Waals surface area contributed by atoms with E-state index in [4.69, 9.17) is 27.4 Å². The van der Waals surface area contributed by atoms with E-state index < -0.39 is 16.2 Å². The highest BCUT2D eigenvalue weighted by Gasteiger charge is 2.25. The molecule has 0 amide bonds. The van der Waals surface area contributed by atoms with Gasteiger partial charge < -0.3 is 4.98 Å². The summed E-state index contributed by atoms with van der Waals surface area (Å²) in [7, 11) is -4.07. The molecule has 1 atom stereocenters. The van der Waals surface area contributed by atoms with Crippen LogP contribution < -0.4 is 0 Å². The Bertz CT molecular complexity index is 982. The van der Waals surface area contributed by atoms with Gasteiger partial charge in [0.15, 0.2) is 0 Å². The Hall–Kier alpha value is -1.60. The van der Waals surface area contributed by atoms with Crippen molar-refractivity contribution in [3.8, 4) is 0 Å². The van der Waals surface area contributed by atoms with E-state index in [0.29, 0.717) is 16.4 Å². The van der Waals surface area contributed by atoms with Crippen molar-refractivity contribution in [2.45, 2.75) is 24.8 Å². The van der Waals surface area contributed by atoms with Crippen LogP contribution in [0.2, 0.25) is 10.0 Å². The van der Waals surface area contributed by atoms with Crippen LogP contribution in [-0.4, -0.2) is 18.4 Å². The number of H-pyrrole nitrogens is 1. The Labute approximate surface area is 149 Å². The molecule has 3 rings (SSSR count). The molecule has 0 saturated heterocycles. The van der Waals surface area contributed by atoms with Gasteiger partial charge >= 0.3 is 0 Å². The highest BCUT2D eigenvalue weighted by atomic mass is 35.5. The van der Waals surface area contributed by atoms with E-state index in [-0.39, 0.29) is 9.92 Å². The van der Waals surface area contributed by atoms with Crippen molar-refractivity contribution < 1.29 is 12.6 Å². The monoisotopic (exact) mass is 384 g/mol. The highest BCUT2D eigenvalue weighted by Crippen LogP contribution is 2.31. The summed E-state index contributed by atoms with van der Waals surface area (Å²) >= 11 is 12.0. The molecule has 0 saturated carbocycles. The molecule has 0 aliphatic rings. The Kier molecular flexibility index (Phi) is 4.57. The van der Waals surface area contributed by atoms with Crippen LogP contribution in [0.4, 0.5) is 0 Å². The van der Waals surface area contributed by atoms with Crippen LogP contribution in [0.3, 0.4) is 0 Å². The average molecular weight is 385 g/mol. The predicted octanol–water partition coefficient (Wildman–Crippen LogP) is 4.64. The van der Waals surface area contributed by atoms with E-state index in [9.17, 15) is 8.42 Å². The third-order valence-electron chi connectivity index (χ3n) is 3.55. The van der Waals surface area contributed by atoms with E-state index in [2.05, 4.69) is 9.97 Å². The van der Waals surface area contributed by atoms with Gasteiger partial charge in [0.1, 0.15) is 16.8 Å². The molecule has 0 bridgehead atoms. The van der Waals surface area contributed by atoms with Crippen molar-refractivity contribution >= 4 is 44.4 Å². The minimum absolute atomic E-state index is 0.0161. The molecule has 2 aromatic carbocycles. The first-order valence-electron chi connectivity index (χ1n) is 7.11. The second-order valence-electron chi connectivity index (χ2n) is 5.36. The number of benzene rings is 2. The SMILES string of the molecule is Cc1cc(S(=O)(=O)OC(C)c2nc3ccccc3[nH]2)c(Cl)cc1Cl. The summed E-state index contributed by atoms with van der Waals surface area (Å²) in [4.78, 5) is 7.28. The van der Waals surface area contributed by atoms with Crippen LogP contribution in [0.15, 0.2) is 41.3 Å². The van der Waals surface area contributed by atoms with Crippen LogP contribution in [0.25, 0.3) is 11.0 Å². The summed E-state index contributed by atoms with van der Waals surface area (Å²) < 4.78 is 30.3. The van der Waals surface area contributed by atoms with Crippen LogP contribution >= 0.6 is 23.2 Å². The number of aromatic amines is 1. The first kappa shape index (κ1) is 17.2. The minimum atomic E-state index is -4.07. The van der Waals surface area contributed by atoms with Gasteiger partial charge in [0.05, 0.1) is 16.1 Å². The second kappa shape index (κ2) is 6.37. The van der Waals surface area contributed by atoms with Crippen LogP contribution in [0.1, 0.15) is 24.4 Å². The number of rotatable bonds is 4. The summed E-state index contributed by atoms with van der Waals surface area (Å²) in [5, 5.41) is 0.409. The van der Waals surface area contributed by atoms with Crippen molar-refractivity contribution in [1.82, 2.24) is 9.97 Å². The van der Waals surface area contributed by atoms with Crippen molar-refractivity contribution in [2.75, 3.05) is 0 Å². The maximum atomic E-state index is 12.5. The Morgan fingerprint density at radius 2 is 1.88 bits per heavy atom. The normalized spacial score (nSPS) is 13.3. The van der Waals surface area contributed by atoms with Gasteiger partial charge in [-0.25, -0.2) is 4.98 Å². The molecule has 0 aliphatic heterocycles. The molecule has 1 aromatic heterocycles. The molecule has 1 unspecified atom stereocenters. The van der Waals surface area contributed by atoms with Crippen LogP contribution in [-0.2, 0) is 14.3 Å². The lowest BCUT2D eigenvalue weighted by Gasteiger charge is -2.13. The number of nitrogens with zero attached hydrogens (tertiary/aromatic N) is 1. The summed E-state index contributed by atoms with van der Waals surface area (Å²) in [6.07, 6.45) is -0.797. The standard InChI is InChI=1S/C16H14Cl2N2O3S/c1-9-7-15(12(18)8-11(9)17)24(21,22)23-10(2)16-19-13-5-3-4-6-14(13)20-16/h3-8,10H,1-2H3,(H,19,20). The predicted molar refractivity (Wildman–Crippen MR) is 94.0 cm³/mol. The number of hydrogen-bond acceptors (Lipinski definition) is 4. The van der Waals surface area contributed by atoms with E-state index in [1.54, 1.807) is 13.8 Å². The Morgan fingerprint density at radius 3 is 2.58 bits per heavy atom. The van der Waals surface area contributed by atoms with Crippen molar-refractivity contribution in [2.24, 2.45) is 0 Å². The molecule has 8 heteroatoms. The first-order chi connectivity index (χ1) is 11.3. The number of fused-ring (bicyclic) bond motifs is 1. The number of nitrogens with one attached hydrogen (secondary N) is 1. The van der Waals surface area contributed by atoms with Crippen molar-refractivity contribution in [3.05, 3.63) is 57.8 Å². The summed E-state index contributed by atoms with van der Waals surface area (Å²) in [5.74, 6) is 0.418. The molecule has 0 radical (unpaired) electrons. The summed E-state index contributed by atoms with van der Waals surface area (Å²) in [6.45, 7) is 3.30. The van der Waals surface area contributed by atoms with Crippen molar-refractivity contribution in [1.29, 1.82) is 0 Å². The fourth-order valence-corrected chi connectivity index (χ4v) is 4.14. The molecule has 3 aromatic rings. The number of para-hydroxylation sites is 2. The minimum Gasteiger partial charge on any atom is -0.340 e. The lowest BCUT2D eigenvalue weighted by atomic mass is 10.2. The molecule has 0 spiro atoms. The maximum Gasteiger partial charge on any atom is 0.299 e. The highest BCUT2D eigenvalue weighted by molar-refractivity contribution is 7.86. The number of imidazole rings is 1. The number of halogens is 2. The number of aryl methyl sites for hydroxylation is 1. The zero-order chi connectivity index (χ0) is 17.5. The maximum absolute atomic E-state index is 12.5. The molecule has 126 valence electrons. The molecule has 24 heavy (non-hydrogen) atoms. The fourth-order valence-electron chi connectivity index (χ4n) is 2.27. The number of hydrogen-bond donors (Lipinski definition) is 1. The number of aromatic nitrogens is 2. The van der Waals surface area contributed by atoms with E-state index in [0.717, 1.165) is 11.0 Å². The zero-order valence-corrected chi connectivity index (χ0v) is 15.2. The van der Waals surface area contributed by atoms with Gasteiger partial charge in [-0.05, 0) is 43.7 Å². The van der Waals surface area contributed by atoms with Gasteiger partial charge in [0.25, 0.3) is 10.1 Å². The third-order valence-corrected chi connectivity index (χ3v) is 5.80. The zero-order valence-electron chi connectivity index (χ0n) is 12.9. The summed E-state index contributed by atoms with van der Waals surface area (Å²) in [5.41, 5.74) is 2.14. The molecule has 0 aliphatic carbocycles. The van der Waals surface area contributed by atoms with Gasteiger partial charge in [0.2, 0.25) is 0 Å². The quantitative estimate of drug-likeness (QED) is 0.664. The Balaban J connectivity index is 1.92.